The van der Waals surface area contributed by atoms with Gasteiger partial charge in [-0.1, -0.05) is 55.5 Å². The molecule has 1 aliphatic carbocycles. The first-order valence-electron chi connectivity index (χ1n) is 14.1. The highest BCUT2D eigenvalue weighted by Gasteiger charge is 2.43. The Hall–Kier alpha value is -3.92. The lowest BCUT2D eigenvalue weighted by Gasteiger charge is -2.30. The van der Waals surface area contributed by atoms with Gasteiger partial charge in [0.1, 0.15) is 5.75 Å². The molecule has 10 heteroatoms. The number of hydrogen-bond acceptors (Lipinski definition) is 6. The zero-order chi connectivity index (χ0) is 30.0. The number of carbonyl (C=O) groups excluding carboxylic acids is 2. The third kappa shape index (κ3) is 8.55. The van der Waals surface area contributed by atoms with Crippen molar-refractivity contribution in [3.05, 3.63) is 89.7 Å². The molecule has 0 unspecified atom stereocenters. The molecule has 1 amide bonds. The van der Waals surface area contributed by atoms with Crippen molar-refractivity contribution < 1.29 is 37.0 Å². The topological polar surface area (TPSA) is 78.0 Å². The van der Waals surface area contributed by atoms with Crippen molar-refractivity contribution in [2.24, 2.45) is 0 Å². The minimum Gasteiger partial charge on any atom is -0.482 e. The van der Waals surface area contributed by atoms with Crippen LogP contribution >= 0.6 is 0 Å². The molecule has 1 fully saturated rings. The summed E-state index contributed by atoms with van der Waals surface area (Å²) in [6.07, 6.45) is 0.148. The molecule has 224 valence electrons. The van der Waals surface area contributed by atoms with Crippen molar-refractivity contribution in [3.63, 3.8) is 0 Å². The van der Waals surface area contributed by atoms with E-state index >= 15 is 0 Å². The standard InChI is InChI=1S/C32H35F3N2O5/c1-2-19-40-30(38)22-42-29-13-7-6-11-26(29)24-14-16-25(17-15-24)41-21-27-28(12-8-18-36-27)37(31(39)32(33,34)35)20-23-9-4-3-5-10-23/h3-13,18,24-25H,2,14-17,19-22H2,1H3. The van der Waals surface area contributed by atoms with E-state index in [-0.39, 0.29) is 43.2 Å². The van der Waals surface area contributed by atoms with Gasteiger partial charge >= 0.3 is 18.1 Å². The molecule has 0 saturated heterocycles. The van der Waals surface area contributed by atoms with Gasteiger partial charge in [0.2, 0.25) is 0 Å². The number of pyridine rings is 1. The summed E-state index contributed by atoms with van der Waals surface area (Å²) in [6.45, 7) is 1.86. The number of ether oxygens (including phenoxy) is 3. The van der Waals surface area contributed by atoms with Gasteiger partial charge in [-0.05, 0) is 67.3 Å². The molecule has 2 aromatic carbocycles. The highest BCUT2D eigenvalue weighted by Crippen LogP contribution is 2.39. The summed E-state index contributed by atoms with van der Waals surface area (Å²) in [6, 6.07) is 19.1. The minimum atomic E-state index is -5.04. The van der Waals surface area contributed by atoms with Crippen molar-refractivity contribution in [2.45, 2.75) is 70.4 Å². The maximum absolute atomic E-state index is 13.6. The van der Waals surface area contributed by atoms with Gasteiger partial charge in [0.15, 0.2) is 6.61 Å². The van der Waals surface area contributed by atoms with E-state index in [1.54, 1.807) is 30.3 Å². The Morgan fingerprint density at radius 3 is 2.38 bits per heavy atom. The molecule has 0 N–H and O–H groups in total. The Bertz CT molecular complexity index is 1310. The second-order valence-corrected chi connectivity index (χ2v) is 10.2. The molecular weight excluding hydrogens is 549 g/mol. The summed E-state index contributed by atoms with van der Waals surface area (Å²) < 4.78 is 57.7. The molecule has 3 aromatic rings. The van der Waals surface area contributed by atoms with Crippen LogP contribution in [0.2, 0.25) is 0 Å². The first kappa shape index (κ1) is 31.0. The quantitative estimate of drug-likeness (QED) is 0.219. The molecule has 0 radical (unpaired) electrons. The number of aromatic nitrogens is 1. The molecule has 1 aliphatic rings. The Morgan fingerprint density at radius 2 is 1.67 bits per heavy atom. The van der Waals surface area contributed by atoms with Crippen LogP contribution in [0.3, 0.4) is 0 Å². The van der Waals surface area contributed by atoms with E-state index < -0.39 is 18.1 Å². The van der Waals surface area contributed by atoms with E-state index in [9.17, 15) is 22.8 Å². The van der Waals surface area contributed by atoms with E-state index in [1.165, 1.54) is 18.3 Å². The van der Waals surface area contributed by atoms with Gasteiger partial charge in [-0.25, -0.2) is 4.79 Å². The van der Waals surface area contributed by atoms with E-state index in [0.717, 1.165) is 37.7 Å². The van der Waals surface area contributed by atoms with E-state index in [0.29, 0.717) is 22.8 Å². The second-order valence-electron chi connectivity index (χ2n) is 10.2. The summed E-state index contributed by atoms with van der Waals surface area (Å²) in [5, 5.41) is 0. The molecule has 0 bridgehead atoms. The molecule has 42 heavy (non-hydrogen) atoms. The highest BCUT2D eigenvalue weighted by molar-refractivity contribution is 5.97. The molecule has 1 heterocycles. The molecule has 0 spiro atoms. The molecule has 1 aromatic heterocycles. The van der Waals surface area contributed by atoms with Crippen LogP contribution in [0, 0.1) is 0 Å². The number of halogens is 3. The van der Waals surface area contributed by atoms with Gasteiger partial charge in [-0.15, -0.1) is 0 Å². The number of carbonyl (C=O) groups is 2. The summed E-state index contributed by atoms with van der Waals surface area (Å²) in [5.74, 6) is -1.50. The average Bonchev–Trinajstić information content (AvgIpc) is 3.01. The van der Waals surface area contributed by atoms with Crippen molar-refractivity contribution in [2.75, 3.05) is 18.1 Å². The monoisotopic (exact) mass is 584 g/mol. The normalized spacial score (nSPS) is 17.0. The van der Waals surface area contributed by atoms with Gasteiger partial charge in [0.05, 0.1) is 37.2 Å². The number of nitrogens with zero attached hydrogens (tertiary/aromatic N) is 2. The second kappa shape index (κ2) is 14.8. The van der Waals surface area contributed by atoms with Gasteiger partial charge < -0.3 is 14.2 Å². The average molecular weight is 585 g/mol. The number of benzene rings is 2. The van der Waals surface area contributed by atoms with Gasteiger partial charge in [-0.2, -0.15) is 13.2 Å². The summed E-state index contributed by atoms with van der Waals surface area (Å²) >= 11 is 0. The largest absolute Gasteiger partial charge is 0.482 e. The number of anilines is 1. The predicted octanol–water partition coefficient (Wildman–Crippen LogP) is 6.75. The zero-order valence-electron chi connectivity index (χ0n) is 23.5. The van der Waals surface area contributed by atoms with Crippen LogP contribution in [0.1, 0.15) is 61.8 Å². The fourth-order valence-electron chi connectivity index (χ4n) is 5.05. The SMILES string of the molecule is CCCOC(=O)COc1ccccc1C1CCC(OCc2ncccc2N(Cc2ccccc2)C(=O)C(F)(F)F)CC1. The minimum absolute atomic E-state index is 0.0263. The van der Waals surface area contributed by atoms with Crippen LogP contribution in [0.15, 0.2) is 72.9 Å². The molecule has 4 rings (SSSR count). The lowest BCUT2D eigenvalue weighted by molar-refractivity contribution is -0.170. The summed E-state index contributed by atoms with van der Waals surface area (Å²) in [5.41, 5.74) is 1.92. The van der Waals surface area contributed by atoms with Crippen molar-refractivity contribution in [1.82, 2.24) is 4.98 Å². The molecule has 0 atom stereocenters. The van der Waals surface area contributed by atoms with Crippen molar-refractivity contribution in [3.8, 4) is 5.75 Å². The Kier molecular flexibility index (Phi) is 10.9. The number of hydrogen-bond donors (Lipinski definition) is 0. The van der Waals surface area contributed by atoms with E-state index in [4.69, 9.17) is 14.2 Å². The number of esters is 1. The van der Waals surface area contributed by atoms with Crippen molar-refractivity contribution in [1.29, 1.82) is 0 Å². The van der Waals surface area contributed by atoms with Crippen LogP contribution in [-0.4, -0.2) is 42.4 Å². The highest BCUT2D eigenvalue weighted by atomic mass is 19.4. The van der Waals surface area contributed by atoms with Crippen LogP contribution in [0.4, 0.5) is 18.9 Å². The van der Waals surface area contributed by atoms with E-state index in [1.807, 2.05) is 31.2 Å². The maximum atomic E-state index is 13.6. The number of amides is 1. The number of para-hydroxylation sites is 1. The molecule has 1 saturated carbocycles. The van der Waals surface area contributed by atoms with Gasteiger partial charge in [0, 0.05) is 6.20 Å². The number of rotatable bonds is 12. The zero-order valence-corrected chi connectivity index (χ0v) is 23.5. The Labute approximate surface area is 243 Å². The lowest BCUT2D eigenvalue weighted by atomic mass is 9.82. The van der Waals surface area contributed by atoms with E-state index in [2.05, 4.69) is 4.98 Å². The molecular formula is C32H35F3N2O5. The molecule has 0 aliphatic heterocycles. The smallest absolute Gasteiger partial charge is 0.471 e. The van der Waals surface area contributed by atoms with Gasteiger partial charge in [0.25, 0.3) is 0 Å². The van der Waals surface area contributed by atoms with Crippen LogP contribution in [0.5, 0.6) is 5.75 Å². The fourth-order valence-corrected chi connectivity index (χ4v) is 5.05. The van der Waals surface area contributed by atoms with Crippen LogP contribution in [-0.2, 0) is 32.2 Å². The lowest BCUT2D eigenvalue weighted by Crippen LogP contribution is -2.41. The maximum Gasteiger partial charge on any atom is 0.471 e. The van der Waals surface area contributed by atoms with Crippen LogP contribution < -0.4 is 9.64 Å². The summed E-state index contributed by atoms with van der Waals surface area (Å²) in [7, 11) is 0. The van der Waals surface area contributed by atoms with Crippen molar-refractivity contribution >= 4 is 17.6 Å². The molecule has 7 nitrogen and oxygen atoms in total. The van der Waals surface area contributed by atoms with Gasteiger partial charge in [-0.3, -0.25) is 14.7 Å². The third-order valence-corrected chi connectivity index (χ3v) is 7.13. The summed E-state index contributed by atoms with van der Waals surface area (Å²) in [4.78, 5) is 29.3. The Balaban J connectivity index is 1.38. The Morgan fingerprint density at radius 1 is 0.952 bits per heavy atom. The first-order valence-corrected chi connectivity index (χ1v) is 14.1. The van der Waals surface area contributed by atoms with Crippen LogP contribution in [0.25, 0.3) is 0 Å². The number of alkyl halides is 3. The predicted molar refractivity (Wildman–Crippen MR) is 151 cm³/mol. The third-order valence-electron chi connectivity index (χ3n) is 7.13. The fraction of sp³-hybridized carbons (Fsp3) is 0.406. The first-order chi connectivity index (χ1) is 20.3.